The average Bonchev–Trinajstić information content (AvgIpc) is 2.74. The lowest BCUT2D eigenvalue weighted by Gasteiger charge is -2.14. The van der Waals surface area contributed by atoms with E-state index in [1.807, 2.05) is 0 Å². The normalized spacial score (nSPS) is 21.8. The lowest BCUT2D eigenvalue weighted by atomic mass is 10.1. The smallest absolute Gasteiger partial charge is 0.187 e. The maximum atomic E-state index is 8.84. The molecule has 0 amide bonds. The van der Waals surface area contributed by atoms with Crippen LogP contribution in [-0.4, -0.2) is 29.8 Å². The van der Waals surface area contributed by atoms with E-state index < -0.39 is 0 Å². The fraction of sp³-hybridized carbons (Fsp3) is 0.667. The van der Waals surface area contributed by atoms with Gasteiger partial charge in [0.05, 0.1) is 6.20 Å². The molecule has 1 saturated heterocycles. The molecule has 2 heterocycles. The number of hydrogen-bond acceptors (Lipinski definition) is 5. The van der Waals surface area contributed by atoms with Crippen LogP contribution in [0, 0.1) is 5.92 Å². The van der Waals surface area contributed by atoms with Gasteiger partial charge in [0, 0.05) is 19.7 Å². The third-order valence-electron chi connectivity index (χ3n) is 2.61. The molecule has 14 heavy (non-hydrogen) atoms. The molecule has 0 bridgehead atoms. The van der Waals surface area contributed by atoms with Crippen LogP contribution < -0.4 is 10.6 Å². The van der Waals surface area contributed by atoms with E-state index in [1.165, 1.54) is 11.3 Å². The second-order valence-corrected chi connectivity index (χ2v) is 4.70. The van der Waals surface area contributed by atoms with E-state index in [0.29, 0.717) is 12.5 Å². The van der Waals surface area contributed by atoms with Gasteiger partial charge >= 0.3 is 0 Å². The summed E-state index contributed by atoms with van der Waals surface area (Å²) in [5, 5.41) is 10.6. The number of thiazole rings is 1. The molecule has 0 spiro atoms. The van der Waals surface area contributed by atoms with Gasteiger partial charge in [0.2, 0.25) is 0 Å². The molecule has 2 rings (SSSR count). The summed E-state index contributed by atoms with van der Waals surface area (Å²) in [6.07, 6.45) is 3.76. The second-order valence-electron chi connectivity index (χ2n) is 3.66. The summed E-state index contributed by atoms with van der Waals surface area (Å²) < 4.78 is 0. The Hall–Kier alpha value is -0.810. The number of aliphatic hydroxyl groups is 1. The van der Waals surface area contributed by atoms with Crippen LogP contribution in [-0.2, 0) is 0 Å². The number of nitrogens with zero attached hydrogens (tertiary/aromatic N) is 2. The van der Waals surface area contributed by atoms with Crippen molar-refractivity contribution in [1.82, 2.24) is 4.98 Å². The number of nitrogens with two attached hydrogens (primary N) is 1. The van der Waals surface area contributed by atoms with Gasteiger partial charge in [-0.05, 0) is 18.8 Å². The van der Waals surface area contributed by atoms with Gasteiger partial charge < -0.3 is 15.7 Å². The first-order chi connectivity index (χ1) is 6.79. The molecule has 3 N–H and O–H groups in total. The van der Waals surface area contributed by atoms with Crippen molar-refractivity contribution >= 4 is 21.5 Å². The van der Waals surface area contributed by atoms with Crippen LogP contribution in [0.5, 0.6) is 0 Å². The number of aromatic nitrogens is 1. The fourth-order valence-corrected chi connectivity index (χ4v) is 2.56. The molecule has 0 saturated carbocycles. The summed E-state index contributed by atoms with van der Waals surface area (Å²) in [6.45, 7) is 2.34. The first kappa shape index (κ1) is 9.73. The number of anilines is 2. The first-order valence-corrected chi connectivity index (χ1v) is 5.68. The standard InChI is InChI=1S/C9H15N3OS/c10-8-5-11-9(14-8)12-3-1-7(6-12)2-4-13/h5,7,13H,1-4,6,10H2. The van der Waals surface area contributed by atoms with E-state index in [-0.39, 0.29) is 0 Å². The van der Waals surface area contributed by atoms with Gasteiger partial charge in [0.1, 0.15) is 5.00 Å². The number of rotatable bonds is 3. The Bertz CT molecular complexity index is 302. The third-order valence-corrected chi connectivity index (χ3v) is 3.49. The molecule has 1 atom stereocenters. The fourth-order valence-electron chi connectivity index (χ4n) is 1.85. The molecule has 1 fully saturated rings. The van der Waals surface area contributed by atoms with Gasteiger partial charge in [-0.3, -0.25) is 0 Å². The highest BCUT2D eigenvalue weighted by Gasteiger charge is 2.23. The molecule has 0 aromatic carbocycles. The van der Waals surface area contributed by atoms with Crippen molar-refractivity contribution in [2.24, 2.45) is 5.92 Å². The molecular formula is C9H15N3OS. The highest BCUT2D eigenvalue weighted by Crippen LogP contribution is 2.29. The van der Waals surface area contributed by atoms with E-state index in [9.17, 15) is 0 Å². The molecule has 78 valence electrons. The topological polar surface area (TPSA) is 62.4 Å². The molecule has 1 aliphatic heterocycles. The number of nitrogen functional groups attached to an aromatic ring is 1. The van der Waals surface area contributed by atoms with Crippen LogP contribution in [0.4, 0.5) is 10.1 Å². The zero-order valence-electron chi connectivity index (χ0n) is 8.02. The van der Waals surface area contributed by atoms with Gasteiger partial charge in [0.25, 0.3) is 0 Å². The number of aliphatic hydroxyl groups excluding tert-OH is 1. The van der Waals surface area contributed by atoms with E-state index >= 15 is 0 Å². The average molecular weight is 213 g/mol. The minimum absolute atomic E-state index is 0.290. The molecule has 0 radical (unpaired) electrons. The molecular weight excluding hydrogens is 198 g/mol. The van der Waals surface area contributed by atoms with Gasteiger partial charge in [-0.25, -0.2) is 4.98 Å². The van der Waals surface area contributed by atoms with Gasteiger partial charge in [-0.15, -0.1) is 0 Å². The van der Waals surface area contributed by atoms with Crippen molar-refractivity contribution in [2.45, 2.75) is 12.8 Å². The maximum Gasteiger partial charge on any atom is 0.187 e. The van der Waals surface area contributed by atoms with E-state index in [0.717, 1.165) is 36.1 Å². The Morgan fingerprint density at radius 2 is 2.57 bits per heavy atom. The van der Waals surface area contributed by atoms with Gasteiger partial charge in [-0.1, -0.05) is 11.3 Å². The van der Waals surface area contributed by atoms with Crippen molar-refractivity contribution in [1.29, 1.82) is 0 Å². The van der Waals surface area contributed by atoms with Crippen LogP contribution in [0.25, 0.3) is 0 Å². The number of hydrogen-bond donors (Lipinski definition) is 2. The zero-order chi connectivity index (χ0) is 9.97. The summed E-state index contributed by atoms with van der Waals surface area (Å²) in [5.41, 5.74) is 5.63. The highest BCUT2D eigenvalue weighted by molar-refractivity contribution is 7.19. The Balaban J connectivity index is 1.95. The van der Waals surface area contributed by atoms with Crippen LogP contribution in [0.2, 0.25) is 0 Å². The van der Waals surface area contributed by atoms with Crippen LogP contribution >= 0.6 is 11.3 Å². The molecule has 1 aromatic heterocycles. The Morgan fingerprint density at radius 1 is 1.71 bits per heavy atom. The van der Waals surface area contributed by atoms with Crippen molar-refractivity contribution in [3.05, 3.63) is 6.20 Å². The Kier molecular flexibility index (Phi) is 2.88. The van der Waals surface area contributed by atoms with E-state index in [4.69, 9.17) is 10.8 Å². The van der Waals surface area contributed by atoms with Crippen molar-refractivity contribution in [2.75, 3.05) is 30.3 Å². The minimum Gasteiger partial charge on any atom is -0.396 e. The predicted octanol–water partition coefficient (Wildman–Crippen LogP) is 0.934. The third kappa shape index (κ3) is 1.99. The van der Waals surface area contributed by atoms with Crippen molar-refractivity contribution < 1.29 is 5.11 Å². The Labute approximate surface area is 87.4 Å². The van der Waals surface area contributed by atoms with Crippen molar-refractivity contribution in [3.63, 3.8) is 0 Å². The van der Waals surface area contributed by atoms with Crippen LogP contribution in [0.1, 0.15) is 12.8 Å². The van der Waals surface area contributed by atoms with Crippen LogP contribution in [0.3, 0.4) is 0 Å². The SMILES string of the molecule is Nc1cnc(N2CCC(CCO)C2)s1. The quantitative estimate of drug-likeness (QED) is 0.784. The summed E-state index contributed by atoms with van der Waals surface area (Å²) in [5.74, 6) is 0.616. The highest BCUT2D eigenvalue weighted by atomic mass is 32.1. The van der Waals surface area contributed by atoms with Gasteiger partial charge in [0.15, 0.2) is 5.13 Å². The molecule has 0 aliphatic carbocycles. The zero-order valence-corrected chi connectivity index (χ0v) is 8.83. The lowest BCUT2D eigenvalue weighted by molar-refractivity contribution is 0.263. The maximum absolute atomic E-state index is 8.84. The summed E-state index contributed by atoms with van der Waals surface area (Å²) in [4.78, 5) is 6.50. The molecule has 1 unspecified atom stereocenters. The second kappa shape index (κ2) is 4.14. The minimum atomic E-state index is 0.290. The summed E-state index contributed by atoms with van der Waals surface area (Å²) >= 11 is 1.54. The first-order valence-electron chi connectivity index (χ1n) is 4.86. The largest absolute Gasteiger partial charge is 0.396 e. The molecule has 4 nitrogen and oxygen atoms in total. The molecule has 1 aromatic rings. The monoisotopic (exact) mass is 213 g/mol. The van der Waals surface area contributed by atoms with E-state index in [2.05, 4.69) is 9.88 Å². The Morgan fingerprint density at radius 3 is 3.21 bits per heavy atom. The summed E-state index contributed by atoms with van der Waals surface area (Å²) in [6, 6.07) is 0. The summed E-state index contributed by atoms with van der Waals surface area (Å²) in [7, 11) is 0. The van der Waals surface area contributed by atoms with E-state index in [1.54, 1.807) is 6.20 Å². The van der Waals surface area contributed by atoms with Crippen molar-refractivity contribution in [3.8, 4) is 0 Å². The lowest BCUT2D eigenvalue weighted by Crippen LogP contribution is -2.19. The molecule has 1 aliphatic rings. The van der Waals surface area contributed by atoms with Crippen LogP contribution in [0.15, 0.2) is 6.20 Å². The molecule has 5 heteroatoms. The predicted molar refractivity (Wildman–Crippen MR) is 58.5 cm³/mol. The van der Waals surface area contributed by atoms with Gasteiger partial charge in [-0.2, -0.15) is 0 Å².